The molecule has 0 aliphatic heterocycles. The molecule has 1 aliphatic carbocycles. The van der Waals surface area contributed by atoms with Gasteiger partial charge in [-0.3, -0.25) is 0 Å². The fourth-order valence-corrected chi connectivity index (χ4v) is 1.95. The monoisotopic (exact) mass is 160 g/mol. The normalized spacial score (nSPS) is 16.0. The molecule has 2 rings (SSSR count). The Labute approximate surface area is 72.4 Å². The summed E-state index contributed by atoms with van der Waals surface area (Å²) in [5.41, 5.74) is 2.87. The van der Waals surface area contributed by atoms with Gasteiger partial charge in [0.1, 0.15) is 6.29 Å². The molecule has 0 fully saturated rings. The first-order valence-corrected chi connectivity index (χ1v) is 4.40. The summed E-state index contributed by atoms with van der Waals surface area (Å²) in [4.78, 5) is 10.3. The molecule has 1 aromatic rings. The van der Waals surface area contributed by atoms with Gasteiger partial charge in [-0.05, 0) is 29.9 Å². The smallest absolute Gasteiger partial charge is 0.120 e. The second-order valence-electron chi connectivity index (χ2n) is 3.45. The predicted molar refractivity (Wildman–Crippen MR) is 48.0 cm³/mol. The molecule has 62 valence electrons. The summed E-state index contributed by atoms with van der Waals surface area (Å²) in [6, 6.07) is 8.48. The Kier molecular flexibility index (Phi) is 1.94. The molecule has 0 radical (unpaired) electrons. The summed E-state index contributed by atoms with van der Waals surface area (Å²) in [6.07, 6.45) is 3.94. The van der Waals surface area contributed by atoms with Crippen molar-refractivity contribution in [1.29, 1.82) is 0 Å². The van der Waals surface area contributed by atoms with Crippen LogP contribution in [0.2, 0.25) is 0 Å². The number of aldehydes is 1. The van der Waals surface area contributed by atoms with Crippen molar-refractivity contribution in [2.24, 2.45) is 5.92 Å². The molecule has 1 aromatic carbocycles. The van der Waals surface area contributed by atoms with E-state index in [1.807, 2.05) is 0 Å². The maximum absolute atomic E-state index is 10.3. The van der Waals surface area contributed by atoms with Crippen LogP contribution < -0.4 is 0 Å². The van der Waals surface area contributed by atoms with Gasteiger partial charge >= 0.3 is 0 Å². The number of rotatable bonds is 2. The quantitative estimate of drug-likeness (QED) is 0.605. The molecule has 1 aliphatic rings. The highest BCUT2D eigenvalue weighted by atomic mass is 16.1. The van der Waals surface area contributed by atoms with Crippen molar-refractivity contribution in [3.8, 4) is 0 Å². The van der Waals surface area contributed by atoms with Gasteiger partial charge in [-0.15, -0.1) is 0 Å². The van der Waals surface area contributed by atoms with Crippen LogP contribution in [0.1, 0.15) is 17.5 Å². The number of hydrogen-bond acceptors (Lipinski definition) is 1. The molecule has 1 heteroatoms. The second kappa shape index (κ2) is 3.10. The fourth-order valence-electron chi connectivity index (χ4n) is 1.95. The van der Waals surface area contributed by atoms with Gasteiger partial charge in [-0.2, -0.15) is 0 Å². The molecule has 0 saturated carbocycles. The molecule has 0 bridgehead atoms. The Bertz CT molecular complexity index is 266. The fraction of sp³-hybridized carbons (Fsp3) is 0.364. The van der Waals surface area contributed by atoms with E-state index in [-0.39, 0.29) is 0 Å². The van der Waals surface area contributed by atoms with E-state index in [4.69, 9.17) is 0 Å². The first-order valence-electron chi connectivity index (χ1n) is 4.40. The minimum Gasteiger partial charge on any atom is -0.303 e. The van der Waals surface area contributed by atoms with E-state index in [0.29, 0.717) is 12.3 Å². The van der Waals surface area contributed by atoms with Crippen molar-refractivity contribution in [2.45, 2.75) is 19.3 Å². The topological polar surface area (TPSA) is 17.1 Å². The highest BCUT2D eigenvalue weighted by Crippen LogP contribution is 2.27. The highest BCUT2D eigenvalue weighted by Gasteiger charge is 2.19. The van der Waals surface area contributed by atoms with Crippen LogP contribution >= 0.6 is 0 Å². The van der Waals surface area contributed by atoms with Gasteiger partial charge in [0.25, 0.3) is 0 Å². The molecule has 0 saturated heterocycles. The molecular weight excluding hydrogens is 148 g/mol. The lowest BCUT2D eigenvalue weighted by molar-refractivity contribution is -0.108. The maximum Gasteiger partial charge on any atom is 0.120 e. The Hall–Kier alpha value is -1.11. The lowest BCUT2D eigenvalue weighted by atomic mass is 10.0. The first kappa shape index (κ1) is 7.53. The van der Waals surface area contributed by atoms with E-state index in [2.05, 4.69) is 24.3 Å². The summed E-state index contributed by atoms with van der Waals surface area (Å²) >= 11 is 0. The molecular formula is C11H12O. The lowest BCUT2D eigenvalue weighted by Gasteiger charge is -2.00. The molecule has 0 aromatic heterocycles. The summed E-state index contributed by atoms with van der Waals surface area (Å²) < 4.78 is 0. The van der Waals surface area contributed by atoms with E-state index in [1.165, 1.54) is 11.1 Å². The summed E-state index contributed by atoms with van der Waals surface area (Å²) in [6.45, 7) is 0. The van der Waals surface area contributed by atoms with Crippen molar-refractivity contribution in [3.05, 3.63) is 35.4 Å². The molecule has 0 heterocycles. The SMILES string of the molecule is O=CCC1Cc2ccccc2C1. The summed E-state index contributed by atoms with van der Waals surface area (Å²) in [7, 11) is 0. The maximum atomic E-state index is 10.3. The van der Waals surface area contributed by atoms with Crippen molar-refractivity contribution >= 4 is 6.29 Å². The van der Waals surface area contributed by atoms with Crippen LogP contribution in [0.4, 0.5) is 0 Å². The number of carbonyl (C=O) groups excluding carboxylic acids is 1. The average Bonchev–Trinajstić information content (AvgIpc) is 2.47. The Morgan fingerprint density at radius 2 is 1.83 bits per heavy atom. The van der Waals surface area contributed by atoms with Crippen LogP contribution in [0.15, 0.2) is 24.3 Å². The second-order valence-corrected chi connectivity index (χ2v) is 3.45. The third-order valence-corrected chi connectivity index (χ3v) is 2.57. The van der Waals surface area contributed by atoms with Gasteiger partial charge < -0.3 is 4.79 Å². The zero-order chi connectivity index (χ0) is 8.39. The van der Waals surface area contributed by atoms with E-state index in [9.17, 15) is 4.79 Å². The van der Waals surface area contributed by atoms with E-state index in [1.54, 1.807) is 0 Å². The number of fused-ring (bicyclic) bond motifs is 1. The van der Waals surface area contributed by atoms with Crippen LogP contribution in [-0.2, 0) is 17.6 Å². The predicted octanol–water partition coefficient (Wildman–Crippen LogP) is 1.99. The highest BCUT2D eigenvalue weighted by molar-refractivity contribution is 5.50. The third-order valence-electron chi connectivity index (χ3n) is 2.57. The van der Waals surface area contributed by atoms with Gasteiger partial charge in [0.2, 0.25) is 0 Å². The average molecular weight is 160 g/mol. The van der Waals surface area contributed by atoms with Crippen molar-refractivity contribution in [1.82, 2.24) is 0 Å². The van der Waals surface area contributed by atoms with Gasteiger partial charge in [-0.1, -0.05) is 24.3 Å². The number of carbonyl (C=O) groups is 1. The van der Waals surface area contributed by atoms with Crippen LogP contribution in [0.25, 0.3) is 0 Å². The Morgan fingerprint density at radius 1 is 1.25 bits per heavy atom. The molecule has 1 nitrogen and oxygen atoms in total. The van der Waals surface area contributed by atoms with Gasteiger partial charge in [0, 0.05) is 6.42 Å². The van der Waals surface area contributed by atoms with Crippen molar-refractivity contribution in [2.75, 3.05) is 0 Å². The molecule has 0 N–H and O–H groups in total. The zero-order valence-electron chi connectivity index (χ0n) is 6.99. The molecule has 0 spiro atoms. The zero-order valence-corrected chi connectivity index (χ0v) is 6.99. The Balaban J connectivity index is 2.16. The van der Waals surface area contributed by atoms with Crippen LogP contribution in [-0.4, -0.2) is 6.29 Å². The molecule has 12 heavy (non-hydrogen) atoms. The van der Waals surface area contributed by atoms with Crippen LogP contribution in [0.5, 0.6) is 0 Å². The number of hydrogen-bond donors (Lipinski definition) is 0. The Morgan fingerprint density at radius 3 is 2.33 bits per heavy atom. The first-order chi connectivity index (χ1) is 5.90. The summed E-state index contributed by atoms with van der Waals surface area (Å²) in [5.74, 6) is 0.569. The standard InChI is InChI=1S/C11H12O/c12-6-5-9-7-10-3-1-2-4-11(10)8-9/h1-4,6,9H,5,7-8H2. The lowest BCUT2D eigenvalue weighted by Crippen LogP contribution is -1.99. The van der Waals surface area contributed by atoms with E-state index >= 15 is 0 Å². The minimum absolute atomic E-state index is 0.569. The largest absolute Gasteiger partial charge is 0.303 e. The molecule has 0 amide bonds. The van der Waals surface area contributed by atoms with Crippen molar-refractivity contribution in [3.63, 3.8) is 0 Å². The van der Waals surface area contributed by atoms with Gasteiger partial charge in [0.05, 0.1) is 0 Å². The number of benzene rings is 1. The van der Waals surface area contributed by atoms with E-state index < -0.39 is 0 Å². The minimum atomic E-state index is 0.569. The van der Waals surface area contributed by atoms with Crippen molar-refractivity contribution < 1.29 is 4.79 Å². The van der Waals surface area contributed by atoms with Crippen LogP contribution in [0, 0.1) is 5.92 Å². The third kappa shape index (κ3) is 1.27. The molecule has 0 unspecified atom stereocenters. The summed E-state index contributed by atoms with van der Waals surface area (Å²) in [5, 5.41) is 0. The molecule has 0 atom stereocenters. The van der Waals surface area contributed by atoms with Gasteiger partial charge in [-0.25, -0.2) is 0 Å². The van der Waals surface area contributed by atoms with E-state index in [0.717, 1.165) is 19.1 Å². The van der Waals surface area contributed by atoms with Gasteiger partial charge in [0.15, 0.2) is 0 Å². The van der Waals surface area contributed by atoms with Crippen LogP contribution in [0.3, 0.4) is 0 Å².